The van der Waals surface area contributed by atoms with Gasteiger partial charge in [-0.05, 0) is 0 Å². The van der Waals surface area contributed by atoms with Crippen molar-refractivity contribution in [2.24, 2.45) is 0 Å². The van der Waals surface area contributed by atoms with Gasteiger partial charge in [-0.15, -0.1) is 0 Å². The van der Waals surface area contributed by atoms with Crippen LogP contribution < -0.4 is 0 Å². The molecule has 0 aromatic rings. The lowest BCUT2D eigenvalue weighted by Gasteiger charge is -2.51. The summed E-state index contributed by atoms with van der Waals surface area (Å²) >= 11 is 8.34. The zero-order valence-electron chi connectivity index (χ0n) is 5.02. The van der Waals surface area contributed by atoms with E-state index >= 15 is 0 Å². The largest absolute Gasteiger partial charge is 0.366 e. The van der Waals surface area contributed by atoms with E-state index in [2.05, 4.69) is 23.2 Å². The summed E-state index contributed by atoms with van der Waals surface area (Å²) in [7, 11) is 0. The standard InChI is InChI=1S/C4Cl2F6/c5-1(7)2(6,8)4(11,12)3(1,9)10/t1-,2-/m0/s1. The van der Waals surface area contributed by atoms with E-state index in [4.69, 9.17) is 0 Å². The highest BCUT2D eigenvalue weighted by atomic mass is 35.5. The number of hydrogen-bond donors (Lipinski definition) is 0. The first kappa shape index (κ1) is 10.2. The van der Waals surface area contributed by atoms with Crippen LogP contribution in [0.15, 0.2) is 0 Å². The Morgan fingerprint density at radius 2 is 0.750 bits per heavy atom. The van der Waals surface area contributed by atoms with Crippen molar-refractivity contribution in [3.63, 3.8) is 0 Å². The zero-order chi connectivity index (χ0) is 10.0. The zero-order valence-corrected chi connectivity index (χ0v) is 6.54. The monoisotopic (exact) mass is 232 g/mol. The Kier molecular flexibility index (Phi) is 1.68. The van der Waals surface area contributed by atoms with Crippen molar-refractivity contribution in [3.05, 3.63) is 0 Å². The first-order valence-electron chi connectivity index (χ1n) is 2.51. The van der Waals surface area contributed by atoms with Crippen LogP contribution in [0.4, 0.5) is 26.3 Å². The van der Waals surface area contributed by atoms with Gasteiger partial charge in [0.25, 0.3) is 0 Å². The van der Waals surface area contributed by atoms with Crippen LogP contribution in [0, 0.1) is 0 Å². The van der Waals surface area contributed by atoms with E-state index in [1.165, 1.54) is 0 Å². The predicted molar refractivity (Wildman–Crippen MR) is 29.3 cm³/mol. The van der Waals surface area contributed by atoms with Gasteiger partial charge in [-0.2, -0.15) is 17.6 Å². The topological polar surface area (TPSA) is 0 Å². The van der Waals surface area contributed by atoms with Gasteiger partial charge in [-0.25, -0.2) is 8.78 Å². The van der Waals surface area contributed by atoms with Gasteiger partial charge in [0, 0.05) is 0 Å². The van der Waals surface area contributed by atoms with Crippen LogP contribution in [0.3, 0.4) is 0 Å². The Bertz CT molecular complexity index is 158. The van der Waals surface area contributed by atoms with E-state index in [1.54, 1.807) is 0 Å². The molecule has 0 aliphatic heterocycles. The summed E-state index contributed by atoms with van der Waals surface area (Å²) in [6, 6.07) is 0. The Morgan fingerprint density at radius 1 is 0.583 bits per heavy atom. The Labute approximate surface area is 72.4 Å². The summed E-state index contributed by atoms with van der Waals surface area (Å²) in [4.78, 5) is 0. The third-order valence-electron chi connectivity index (χ3n) is 1.58. The maximum Gasteiger partial charge on any atom is 0.366 e. The molecule has 0 spiro atoms. The third kappa shape index (κ3) is 0.652. The van der Waals surface area contributed by atoms with E-state index < -0.39 is 22.1 Å². The normalized spacial score (nSPS) is 50.0. The smallest absolute Gasteiger partial charge is 0.214 e. The van der Waals surface area contributed by atoms with Gasteiger partial charge < -0.3 is 0 Å². The van der Waals surface area contributed by atoms with Gasteiger partial charge in [0.15, 0.2) is 0 Å². The molecule has 0 N–H and O–H groups in total. The summed E-state index contributed by atoms with van der Waals surface area (Å²) in [6.45, 7) is 0. The fourth-order valence-electron chi connectivity index (χ4n) is 0.726. The molecule has 12 heavy (non-hydrogen) atoms. The SMILES string of the molecule is FC1(F)C(F)(F)[C@](F)(Cl)[C@@]1(F)Cl. The Morgan fingerprint density at radius 3 is 0.833 bits per heavy atom. The molecule has 72 valence electrons. The fourth-order valence-corrected chi connectivity index (χ4v) is 1.20. The van der Waals surface area contributed by atoms with Gasteiger partial charge in [0.05, 0.1) is 0 Å². The molecule has 0 saturated heterocycles. The molecule has 0 bridgehead atoms. The van der Waals surface area contributed by atoms with E-state index in [-0.39, 0.29) is 0 Å². The molecule has 0 radical (unpaired) electrons. The molecule has 0 nitrogen and oxygen atoms in total. The molecule has 1 rings (SSSR count). The quantitative estimate of drug-likeness (QED) is 0.445. The van der Waals surface area contributed by atoms with Gasteiger partial charge in [-0.1, -0.05) is 23.2 Å². The van der Waals surface area contributed by atoms with Crippen molar-refractivity contribution in [2.45, 2.75) is 22.1 Å². The third-order valence-corrected chi connectivity index (χ3v) is 2.67. The molecular formula is C4Cl2F6. The predicted octanol–water partition coefficient (Wildman–Crippen LogP) is 3.08. The van der Waals surface area contributed by atoms with Gasteiger partial charge in [0.1, 0.15) is 0 Å². The second kappa shape index (κ2) is 1.97. The van der Waals surface area contributed by atoms with Crippen LogP contribution in [0.1, 0.15) is 0 Å². The van der Waals surface area contributed by atoms with E-state index in [0.717, 1.165) is 0 Å². The molecule has 0 amide bonds. The second-order valence-corrected chi connectivity index (χ2v) is 3.34. The maximum atomic E-state index is 12.3. The molecule has 0 unspecified atom stereocenters. The lowest BCUT2D eigenvalue weighted by Crippen LogP contribution is -2.81. The van der Waals surface area contributed by atoms with Gasteiger partial charge in [-0.3, -0.25) is 0 Å². The Hall–Kier alpha value is 0.160. The lowest BCUT2D eigenvalue weighted by atomic mass is 9.83. The highest BCUT2D eigenvalue weighted by Crippen LogP contribution is 2.71. The van der Waals surface area contributed by atoms with Crippen LogP contribution in [-0.4, -0.2) is 22.1 Å². The average molecular weight is 233 g/mol. The minimum atomic E-state index is -5.29. The molecule has 1 saturated carbocycles. The van der Waals surface area contributed by atoms with Gasteiger partial charge >= 0.3 is 22.1 Å². The fraction of sp³-hybridized carbons (Fsp3) is 1.00. The van der Waals surface area contributed by atoms with Crippen LogP contribution in [0.2, 0.25) is 0 Å². The maximum absolute atomic E-state index is 12.3. The molecule has 1 fully saturated rings. The van der Waals surface area contributed by atoms with Crippen molar-refractivity contribution >= 4 is 23.2 Å². The van der Waals surface area contributed by atoms with Crippen molar-refractivity contribution < 1.29 is 26.3 Å². The summed E-state index contributed by atoms with van der Waals surface area (Å²) in [5.41, 5.74) is 0. The van der Waals surface area contributed by atoms with Crippen LogP contribution >= 0.6 is 23.2 Å². The Balaban J connectivity index is 3.16. The molecule has 0 heterocycles. The van der Waals surface area contributed by atoms with Crippen molar-refractivity contribution in [1.82, 2.24) is 0 Å². The summed E-state index contributed by atoms with van der Waals surface area (Å²) in [5, 5.41) is -9.13. The molecule has 0 aromatic heterocycles. The number of rotatable bonds is 0. The van der Waals surface area contributed by atoms with E-state index in [0.29, 0.717) is 0 Å². The number of alkyl halides is 8. The average Bonchev–Trinajstić information content (AvgIpc) is 1.84. The van der Waals surface area contributed by atoms with Crippen molar-refractivity contribution in [3.8, 4) is 0 Å². The summed E-state index contributed by atoms with van der Waals surface area (Å²) < 4.78 is 72.6. The first-order valence-corrected chi connectivity index (χ1v) is 3.27. The van der Waals surface area contributed by atoms with Crippen molar-refractivity contribution in [2.75, 3.05) is 0 Å². The molecule has 2 atom stereocenters. The molecule has 1 aliphatic carbocycles. The summed E-state index contributed by atoms with van der Waals surface area (Å²) in [5.74, 6) is -10.6. The van der Waals surface area contributed by atoms with Crippen molar-refractivity contribution in [1.29, 1.82) is 0 Å². The van der Waals surface area contributed by atoms with Crippen LogP contribution in [-0.2, 0) is 0 Å². The van der Waals surface area contributed by atoms with Crippen LogP contribution in [0.5, 0.6) is 0 Å². The van der Waals surface area contributed by atoms with E-state index in [9.17, 15) is 26.3 Å². The molecule has 8 heteroatoms. The van der Waals surface area contributed by atoms with Crippen LogP contribution in [0.25, 0.3) is 0 Å². The number of halogens is 8. The first-order chi connectivity index (χ1) is 5.00. The molecule has 0 aromatic carbocycles. The minimum Gasteiger partial charge on any atom is -0.214 e. The number of hydrogen-bond acceptors (Lipinski definition) is 0. The molecule has 1 aliphatic rings. The van der Waals surface area contributed by atoms with Gasteiger partial charge in [0.2, 0.25) is 0 Å². The minimum absolute atomic E-state index is 4.17. The second-order valence-electron chi connectivity index (χ2n) is 2.30. The summed E-state index contributed by atoms with van der Waals surface area (Å²) in [6.07, 6.45) is 0. The highest BCUT2D eigenvalue weighted by Gasteiger charge is 2.98. The lowest BCUT2D eigenvalue weighted by molar-refractivity contribution is -0.384. The molecular weight excluding hydrogens is 233 g/mol. The van der Waals surface area contributed by atoms with E-state index in [1.807, 2.05) is 0 Å². The highest BCUT2D eigenvalue weighted by molar-refractivity contribution is 6.36.